The van der Waals surface area contributed by atoms with Crippen molar-refractivity contribution in [2.45, 2.75) is 44.6 Å². The molecule has 1 N–H and O–H groups in total. The molecule has 1 aliphatic heterocycles. The standard InChI is InChI=1S/C12H21NO2/c1-12(15)5-2-7-13(8-6-12)9-11(14)10-3-4-10/h10,15H,2-9H2,1H3. The third kappa shape index (κ3) is 3.28. The Morgan fingerprint density at radius 3 is 2.80 bits per heavy atom. The first kappa shape index (κ1) is 11.1. The minimum Gasteiger partial charge on any atom is -0.390 e. The second-order valence-electron chi connectivity index (χ2n) is 5.37. The van der Waals surface area contributed by atoms with E-state index >= 15 is 0 Å². The molecule has 1 saturated heterocycles. The first-order valence-electron chi connectivity index (χ1n) is 6.04. The number of rotatable bonds is 3. The summed E-state index contributed by atoms with van der Waals surface area (Å²) in [5.41, 5.74) is -0.516. The van der Waals surface area contributed by atoms with Gasteiger partial charge in [-0.2, -0.15) is 0 Å². The third-order valence-corrected chi connectivity index (χ3v) is 3.57. The molecular formula is C12H21NO2. The highest BCUT2D eigenvalue weighted by molar-refractivity contribution is 5.84. The number of carbonyl (C=O) groups is 1. The first-order chi connectivity index (χ1) is 7.07. The summed E-state index contributed by atoms with van der Waals surface area (Å²) in [6, 6.07) is 0. The van der Waals surface area contributed by atoms with Gasteiger partial charge in [0, 0.05) is 12.5 Å². The maximum Gasteiger partial charge on any atom is 0.149 e. The predicted molar refractivity (Wildman–Crippen MR) is 58.6 cm³/mol. The van der Waals surface area contributed by atoms with Gasteiger partial charge in [0.15, 0.2) is 0 Å². The summed E-state index contributed by atoms with van der Waals surface area (Å²) < 4.78 is 0. The Morgan fingerprint density at radius 1 is 1.40 bits per heavy atom. The van der Waals surface area contributed by atoms with E-state index in [9.17, 15) is 9.90 Å². The van der Waals surface area contributed by atoms with Crippen LogP contribution in [0.1, 0.15) is 39.0 Å². The highest BCUT2D eigenvalue weighted by atomic mass is 16.3. The molecule has 0 spiro atoms. The second kappa shape index (κ2) is 4.22. The minimum atomic E-state index is -0.516. The molecule has 1 unspecified atom stereocenters. The van der Waals surface area contributed by atoms with E-state index in [1.54, 1.807) is 0 Å². The number of hydrogen-bond donors (Lipinski definition) is 1. The molecule has 2 aliphatic rings. The fourth-order valence-electron chi connectivity index (χ4n) is 2.23. The Kier molecular flexibility index (Phi) is 3.12. The van der Waals surface area contributed by atoms with E-state index in [-0.39, 0.29) is 0 Å². The van der Waals surface area contributed by atoms with Crippen LogP contribution in [-0.2, 0) is 4.79 Å². The van der Waals surface area contributed by atoms with Gasteiger partial charge in [0.05, 0.1) is 12.1 Å². The zero-order valence-electron chi connectivity index (χ0n) is 9.54. The van der Waals surface area contributed by atoms with E-state index in [1.165, 1.54) is 0 Å². The molecule has 3 nitrogen and oxygen atoms in total. The predicted octanol–water partition coefficient (Wildman–Crippen LogP) is 1.20. The first-order valence-corrected chi connectivity index (χ1v) is 6.04. The molecule has 2 rings (SSSR count). The zero-order chi connectivity index (χ0) is 10.9. The van der Waals surface area contributed by atoms with Crippen LogP contribution in [0.15, 0.2) is 0 Å². The van der Waals surface area contributed by atoms with Crippen LogP contribution in [0, 0.1) is 5.92 Å². The lowest BCUT2D eigenvalue weighted by Gasteiger charge is -2.21. The van der Waals surface area contributed by atoms with Crippen LogP contribution >= 0.6 is 0 Å². The topological polar surface area (TPSA) is 40.5 Å². The highest BCUT2D eigenvalue weighted by Crippen LogP contribution is 2.30. The summed E-state index contributed by atoms with van der Waals surface area (Å²) in [4.78, 5) is 13.9. The van der Waals surface area contributed by atoms with E-state index in [1.807, 2.05) is 6.92 Å². The van der Waals surface area contributed by atoms with Crippen LogP contribution < -0.4 is 0 Å². The lowest BCUT2D eigenvalue weighted by Crippen LogP contribution is -2.33. The summed E-state index contributed by atoms with van der Waals surface area (Å²) in [5, 5.41) is 9.92. The van der Waals surface area contributed by atoms with Gasteiger partial charge >= 0.3 is 0 Å². The molecule has 1 saturated carbocycles. The molecule has 1 heterocycles. The summed E-state index contributed by atoms with van der Waals surface area (Å²) in [7, 11) is 0. The van der Waals surface area contributed by atoms with E-state index in [0.717, 1.165) is 45.2 Å². The normalized spacial score (nSPS) is 33.7. The molecule has 15 heavy (non-hydrogen) atoms. The van der Waals surface area contributed by atoms with Crippen molar-refractivity contribution in [2.75, 3.05) is 19.6 Å². The number of carbonyl (C=O) groups excluding carboxylic acids is 1. The number of ketones is 1. The molecule has 1 aliphatic carbocycles. The molecule has 0 aromatic carbocycles. The van der Waals surface area contributed by atoms with Crippen LogP contribution in [0.2, 0.25) is 0 Å². The molecular weight excluding hydrogens is 190 g/mol. The number of likely N-dealkylation sites (tertiary alicyclic amines) is 1. The van der Waals surface area contributed by atoms with Gasteiger partial charge in [-0.15, -0.1) is 0 Å². The van der Waals surface area contributed by atoms with Crippen molar-refractivity contribution in [3.63, 3.8) is 0 Å². The summed E-state index contributed by atoms with van der Waals surface area (Å²) in [6.07, 6.45) is 4.87. The Balaban J connectivity index is 1.80. The van der Waals surface area contributed by atoms with Gasteiger partial charge in [0.25, 0.3) is 0 Å². The van der Waals surface area contributed by atoms with Crippen molar-refractivity contribution < 1.29 is 9.90 Å². The quantitative estimate of drug-likeness (QED) is 0.762. The second-order valence-corrected chi connectivity index (χ2v) is 5.37. The molecule has 0 radical (unpaired) electrons. The third-order valence-electron chi connectivity index (χ3n) is 3.57. The summed E-state index contributed by atoms with van der Waals surface area (Å²) in [6.45, 7) is 4.35. The maximum absolute atomic E-state index is 11.6. The highest BCUT2D eigenvalue weighted by Gasteiger charge is 2.32. The summed E-state index contributed by atoms with van der Waals surface area (Å²) >= 11 is 0. The number of aliphatic hydroxyl groups is 1. The molecule has 0 aromatic rings. The Bertz CT molecular complexity index is 246. The van der Waals surface area contributed by atoms with Crippen LogP contribution in [0.5, 0.6) is 0 Å². The van der Waals surface area contributed by atoms with E-state index < -0.39 is 5.60 Å². The Labute approximate surface area is 91.5 Å². The van der Waals surface area contributed by atoms with Crippen LogP contribution in [0.25, 0.3) is 0 Å². The van der Waals surface area contributed by atoms with E-state index in [0.29, 0.717) is 18.2 Å². The van der Waals surface area contributed by atoms with Crippen LogP contribution in [0.4, 0.5) is 0 Å². The van der Waals surface area contributed by atoms with Gasteiger partial charge in [-0.3, -0.25) is 9.69 Å². The average molecular weight is 211 g/mol. The number of hydrogen-bond acceptors (Lipinski definition) is 3. The lowest BCUT2D eigenvalue weighted by molar-refractivity contribution is -0.121. The SMILES string of the molecule is CC1(O)CCCN(CC(=O)C2CC2)CC1. The average Bonchev–Trinajstić information content (AvgIpc) is 2.94. The van der Waals surface area contributed by atoms with E-state index in [4.69, 9.17) is 0 Å². The molecule has 0 amide bonds. The van der Waals surface area contributed by atoms with Gasteiger partial charge in [-0.25, -0.2) is 0 Å². The molecule has 0 bridgehead atoms. The van der Waals surface area contributed by atoms with Crippen molar-refractivity contribution in [1.29, 1.82) is 0 Å². The van der Waals surface area contributed by atoms with Gasteiger partial charge in [0.2, 0.25) is 0 Å². The Morgan fingerprint density at radius 2 is 2.13 bits per heavy atom. The fraction of sp³-hybridized carbons (Fsp3) is 0.917. The number of Topliss-reactive ketones (excluding diaryl/α,β-unsaturated/α-hetero) is 1. The van der Waals surface area contributed by atoms with E-state index in [2.05, 4.69) is 4.90 Å². The van der Waals surface area contributed by atoms with Gasteiger partial charge in [0.1, 0.15) is 5.78 Å². The van der Waals surface area contributed by atoms with Crippen molar-refractivity contribution in [2.24, 2.45) is 5.92 Å². The molecule has 86 valence electrons. The van der Waals surface area contributed by atoms with Crippen LogP contribution in [-0.4, -0.2) is 41.0 Å². The zero-order valence-corrected chi connectivity index (χ0v) is 9.54. The maximum atomic E-state index is 11.6. The minimum absolute atomic E-state index is 0.369. The van der Waals surface area contributed by atoms with Crippen molar-refractivity contribution in [3.8, 4) is 0 Å². The fourth-order valence-corrected chi connectivity index (χ4v) is 2.23. The van der Waals surface area contributed by atoms with Gasteiger partial charge < -0.3 is 5.11 Å². The Hall–Kier alpha value is -0.410. The lowest BCUT2D eigenvalue weighted by atomic mass is 9.98. The van der Waals surface area contributed by atoms with Gasteiger partial charge in [-0.1, -0.05) is 0 Å². The van der Waals surface area contributed by atoms with Crippen molar-refractivity contribution in [1.82, 2.24) is 4.90 Å². The van der Waals surface area contributed by atoms with Crippen molar-refractivity contribution >= 4 is 5.78 Å². The number of nitrogens with zero attached hydrogens (tertiary/aromatic N) is 1. The molecule has 0 aromatic heterocycles. The summed E-state index contributed by atoms with van der Waals surface area (Å²) in [5.74, 6) is 0.783. The smallest absolute Gasteiger partial charge is 0.149 e. The van der Waals surface area contributed by atoms with Crippen molar-refractivity contribution in [3.05, 3.63) is 0 Å². The monoisotopic (exact) mass is 211 g/mol. The van der Waals surface area contributed by atoms with Crippen LogP contribution in [0.3, 0.4) is 0 Å². The molecule has 1 atom stereocenters. The largest absolute Gasteiger partial charge is 0.390 e. The molecule has 2 fully saturated rings. The van der Waals surface area contributed by atoms with Gasteiger partial charge in [-0.05, 0) is 45.6 Å². The molecule has 3 heteroatoms.